The van der Waals surface area contributed by atoms with Gasteiger partial charge >= 0.3 is 0 Å². The molecule has 0 aliphatic carbocycles. The highest BCUT2D eigenvalue weighted by Gasteiger charge is 2.40. The molecule has 0 radical (unpaired) electrons. The number of amides is 8. The van der Waals surface area contributed by atoms with Crippen molar-refractivity contribution in [3.63, 3.8) is 0 Å². The molecular formula is C60H63N9O12S. The van der Waals surface area contributed by atoms with Crippen molar-refractivity contribution in [3.05, 3.63) is 124 Å². The van der Waals surface area contributed by atoms with Gasteiger partial charge < -0.3 is 50.4 Å². The van der Waals surface area contributed by atoms with Crippen LogP contribution in [0.25, 0.3) is 0 Å². The summed E-state index contributed by atoms with van der Waals surface area (Å²) < 4.78 is 24.4. The predicted octanol–water partition coefficient (Wildman–Crippen LogP) is 5.83. The van der Waals surface area contributed by atoms with E-state index in [1.807, 2.05) is 59.5 Å². The maximum Gasteiger partial charge on any atom is 0.261 e. The highest BCUT2D eigenvalue weighted by Crippen LogP contribution is 2.43. The van der Waals surface area contributed by atoms with Gasteiger partial charge in [0.25, 0.3) is 11.8 Å². The smallest absolute Gasteiger partial charge is 0.261 e. The standard InChI is InChI=1S/C60H63N9O12S/c1-33(64-54(71)16-10-9-15-53(70)61-17-18-67-55(72)28-52(82)60(67)77)56(73)65-34(2)57(74)66-39-20-35(31-80-50-26-44-42(24-48(50)78-3)58(75)68-40(29-62-44)22-37-11-5-7-13-46(37)68)19-36(21-39)32-81-51-27-45-43(25-49(51)79-4)59(76)69-41(30-63-45)23-38-12-6-8-14-47(38)69/h5-8,11-14,19-21,24-27,29,33-34,40-41,52,63,82H,9-10,15-18,22-23,28,30-32H2,1-4H3,(H,61,70)(H,64,71)(H,65,73)(H,66,74)/t33-,34-,40-,41-,52?/m0/s1. The van der Waals surface area contributed by atoms with Gasteiger partial charge in [-0.1, -0.05) is 36.4 Å². The molecule has 5 aromatic carbocycles. The first kappa shape index (κ1) is 56.4. The number of hydrogen-bond donors (Lipinski definition) is 6. The number of imide groups is 1. The van der Waals surface area contributed by atoms with Crippen LogP contribution in [-0.2, 0) is 54.8 Å². The van der Waals surface area contributed by atoms with Crippen LogP contribution < -0.4 is 55.3 Å². The third-order valence-corrected chi connectivity index (χ3v) is 15.5. The van der Waals surface area contributed by atoms with Crippen molar-refractivity contribution in [1.29, 1.82) is 0 Å². The largest absolute Gasteiger partial charge is 0.493 e. The molecule has 1 unspecified atom stereocenters. The average Bonchev–Trinajstić information content (AvgIpc) is 3.49. The number of carbonyl (C=O) groups excluding carboxylic acids is 8. The third-order valence-electron chi connectivity index (χ3n) is 15.0. The van der Waals surface area contributed by atoms with E-state index in [2.05, 4.69) is 39.2 Å². The van der Waals surface area contributed by atoms with Gasteiger partial charge in [0.05, 0.1) is 54.1 Å². The number of fused-ring (bicyclic) bond motifs is 8. The number of ether oxygens (including phenoxy) is 4. The first-order chi connectivity index (χ1) is 39.6. The number of methoxy groups -OCH3 is 2. The second-order valence-corrected chi connectivity index (χ2v) is 21.4. The zero-order valence-corrected chi connectivity index (χ0v) is 46.6. The quantitative estimate of drug-likeness (QED) is 0.0288. The summed E-state index contributed by atoms with van der Waals surface area (Å²) >= 11 is 4.10. The van der Waals surface area contributed by atoms with Gasteiger partial charge in [-0.15, -0.1) is 0 Å². The molecule has 82 heavy (non-hydrogen) atoms. The summed E-state index contributed by atoms with van der Waals surface area (Å²) in [6, 6.07) is 25.3. The lowest BCUT2D eigenvalue weighted by Crippen LogP contribution is -2.50. The Kier molecular flexibility index (Phi) is 16.8. The van der Waals surface area contributed by atoms with Crippen LogP contribution in [0.3, 0.4) is 0 Å². The topological polar surface area (TPSA) is 256 Å². The number of unbranched alkanes of at least 4 members (excludes halogenated alkanes) is 1. The molecule has 426 valence electrons. The fraction of sp³-hybridized carbons (Fsp3) is 0.350. The summed E-state index contributed by atoms with van der Waals surface area (Å²) in [6.07, 6.45) is 4.06. The molecule has 21 nitrogen and oxygen atoms in total. The Balaban J connectivity index is 0.798. The molecule has 5 aliphatic rings. The lowest BCUT2D eigenvalue weighted by Gasteiger charge is -2.22. The van der Waals surface area contributed by atoms with Crippen molar-refractivity contribution in [1.82, 2.24) is 20.9 Å². The summed E-state index contributed by atoms with van der Waals surface area (Å²) in [4.78, 5) is 114. The molecule has 22 heteroatoms. The van der Waals surface area contributed by atoms with E-state index < -0.39 is 35.1 Å². The summed E-state index contributed by atoms with van der Waals surface area (Å²) in [5.41, 5.74) is 7.24. The van der Waals surface area contributed by atoms with E-state index in [0.717, 1.165) is 33.8 Å². The molecular weight excluding hydrogens is 1070 g/mol. The van der Waals surface area contributed by atoms with E-state index in [4.69, 9.17) is 23.9 Å². The zero-order chi connectivity index (χ0) is 57.8. The number of hydrogen-bond acceptors (Lipinski definition) is 15. The Morgan fingerprint density at radius 2 is 1.30 bits per heavy atom. The van der Waals surface area contributed by atoms with E-state index in [0.29, 0.717) is 88.1 Å². The van der Waals surface area contributed by atoms with Crippen LogP contribution in [0.4, 0.5) is 28.4 Å². The lowest BCUT2D eigenvalue weighted by atomic mass is 10.1. The Bertz CT molecular complexity index is 3430. The SMILES string of the molecule is COc1cc2c(cc1OCc1cc(COc3cc4c(cc3OC)C(=O)N3c5ccccc5C[C@H]3CN4)cc(NC(=O)[C@H](C)NC(=O)[C@H](C)NC(=O)CCCCC(=O)NCCN3C(=O)CC(S)C3=O)c1)N=C[C@@H]1Cc3ccccc3N1C2=O. The van der Waals surface area contributed by atoms with Crippen LogP contribution in [0.1, 0.15) is 88.9 Å². The molecule has 8 amide bonds. The lowest BCUT2D eigenvalue weighted by molar-refractivity contribution is -0.138. The summed E-state index contributed by atoms with van der Waals surface area (Å²) in [6.45, 7) is 3.61. The first-order valence-corrected chi connectivity index (χ1v) is 27.7. The molecule has 10 rings (SSSR count). The molecule has 0 spiro atoms. The first-order valence-electron chi connectivity index (χ1n) is 27.2. The monoisotopic (exact) mass is 1130 g/mol. The van der Waals surface area contributed by atoms with Crippen molar-refractivity contribution in [2.24, 2.45) is 4.99 Å². The fourth-order valence-corrected chi connectivity index (χ4v) is 11.1. The van der Waals surface area contributed by atoms with Gasteiger partial charge in [0, 0.05) is 80.7 Å². The summed E-state index contributed by atoms with van der Waals surface area (Å²) in [5.74, 6) is -1.63. The highest BCUT2D eigenvalue weighted by atomic mass is 32.1. The molecule has 0 bridgehead atoms. The maximum atomic E-state index is 14.1. The predicted molar refractivity (Wildman–Crippen MR) is 309 cm³/mol. The maximum absolute atomic E-state index is 14.1. The third kappa shape index (κ3) is 12.1. The van der Waals surface area contributed by atoms with Gasteiger partial charge in [-0.05, 0) is 97.8 Å². The van der Waals surface area contributed by atoms with Crippen LogP contribution in [0.15, 0.2) is 96.0 Å². The molecule has 5 heterocycles. The van der Waals surface area contributed by atoms with Crippen LogP contribution in [-0.4, -0.2) is 122 Å². The molecule has 5 atom stereocenters. The fourth-order valence-electron chi connectivity index (χ4n) is 10.8. The van der Waals surface area contributed by atoms with E-state index in [9.17, 15) is 38.4 Å². The number of rotatable bonds is 21. The van der Waals surface area contributed by atoms with Crippen LogP contribution in [0.2, 0.25) is 0 Å². The summed E-state index contributed by atoms with van der Waals surface area (Å²) in [5, 5.41) is 13.7. The Morgan fingerprint density at radius 1 is 0.695 bits per heavy atom. The van der Waals surface area contributed by atoms with Gasteiger partial charge in [0.2, 0.25) is 35.4 Å². The van der Waals surface area contributed by atoms with Crippen molar-refractivity contribution >= 4 is 94.5 Å². The number of aliphatic imine (C=N–C) groups is 1. The van der Waals surface area contributed by atoms with E-state index >= 15 is 0 Å². The second kappa shape index (κ2) is 24.4. The number of anilines is 4. The minimum atomic E-state index is -1.06. The van der Waals surface area contributed by atoms with Crippen LogP contribution in [0, 0.1) is 0 Å². The van der Waals surface area contributed by atoms with Gasteiger partial charge in [0.1, 0.15) is 25.3 Å². The zero-order valence-electron chi connectivity index (χ0n) is 45.7. The Hall–Kier alpha value is -8.92. The molecule has 1 saturated heterocycles. The van der Waals surface area contributed by atoms with E-state index in [1.165, 1.54) is 28.1 Å². The van der Waals surface area contributed by atoms with Gasteiger partial charge in [-0.25, -0.2) is 0 Å². The molecule has 5 aliphatic heterocycles. The van der Waals surface area contributed by atoms with Gasteiger partial charge in [0.15, 0.2) is 23.0 Å². The number of thiol groups is 1. The number of benzene rings is 5. The van der Waals surface area contributed by atoms with Crippen molar-refractivity contribution < 1.29 is 57.3 Å². The number of likely N-dealkylation sites (tertiary alicyclic amines) is 1. The minimum Gasteiger partial charge on any atom is -0.493 e. The van der Waals surface area contributed by atoms with Crippen LogP contribution >= 0.6 is 12.6 Å². The number of nitrogens with one attached hydrogen (secondary N) is 5. The number of nitrogens with zero attached hydrogens (tertiary/aromatic N) is 4. The van der Waals surface area contributed by atoms with Crippen molar-refractivity contribution in [2.75, 3.05) is 54.3 Å². The average molecular weight is 1130 g/mol. The van der Waals surface area contributed by atoms with E-state index in [-0.39, 0.29) is 87.2 Å². The second-order valence-electron chi connectivity index (χ2n) is 20.7. The summed E-state index contributed by atoms with van der Waals surface area (Å²) in [7, 11) is 2.98. The van der Waals surface area contributed by atoms with E-state index in [1.54, 1.807) is 47.5 Å². The van der Waals surface area contributed by atoms with Gasteiger partial charge in [-0.2, -0.15) is 12.6 Å². The molecule has 0 saturated carbocycles. The molecule has 5 N–H and O–H groups in total. The van der Waals surface area contributed by atoms with Gasteiger partial charge in [-0.3, -0.25) is 53.1 Å². The van der Waals surface area contributed by atoms with Crippen molar-refractivity contribution in [2.45, 2.75) is 101 Å². The highest BCUT2D eigenvalue weighted by molar-refractivity contribution is 7.81. The number of para-hydroxylation sites is 2. The molecule has 5 aromatic rings. The Morgan fingerprint density at radius 3 is 1.98 bits per heavy atom. The van der Waals surface area contributed by atoms with Crippen molar-refractivity contribution in [3.8, 4) is 23.0 Å². The molecule has 1 fully saturated rings. The van der Waals surface area contributed by atoms with Crippen LogP contribution in [0.5, 0.6) is 23.0 Å². The molecule has 0 aromatic heterocycles. The Labute approximate surface area is 478 Å². The number of carbonyl (C=O) groups is 8. The normalized spacial score (nSPS) is 18.1. The minimum absolute atomic E-state index is 0.0269.